The van der Waals surface area contributed by atoms with Gasteiger partial charge >= 0.3 is 6.09 Å². The number of hydrogen-bond acceptors (Lipinski definition) is 2. The molecule has 0 radical (unpaired) electrons. The molecule has 0 heterocycles. The van der Waals surface area contributed by atoms with E-state index in [2.05, 4.69) is 12.2 Å². The topological polar surface area (TPSA) is 29.5 Å². The molecule has 0 N–H and O–H groups in total. The summed E-state index contributed by atoms with van der Waals surface area (Å²) in [5.74, 6) is 0. The van der Waals surface area contributed by atoms with Crippen molar-refractivity contribution < 1.29 is 9.53 Å². The minimum atomic E-state index is -0.223. The van der Waals surface area contributed by atoms with Crippen molar-refractivity contribution in [1.29, 1.82) is 0 Å². The van der Waals surface area contributed by atoms with E-state index in [4.69, 9.17) is 4.74 Å². The van der Waals surface area contributed by atoms with Gasteiger partial charge < -0.3 is 9.64 Å². The van der Waals surface area contributed by atoms with Crippen LogP contribution in [0, 0.1) is 0 Å². The first-order valence-corrected chi connectivity index (χ1v) is 5.23. The molecule has 0 fully saturated rings. The molecule has 1 unspecified atom stereocenters. The van der Waals surface area contributed by atoms with Crippen LogP contribution in [-0.4, -0.2) is 31.2 Å². The van der Waals surface area contributed by atoms with Crippen LogP contribution in [0.2, 0.25) is 0 Å². The predicted octanol–water partition coefficient (Wildman–Crippen LogP) is 2.57. The highest BCUT2D eigenvalue weighted by atomic mass is 16.6. The minimum absolute atomic E-state index is 0.106. The maximum Gasteiger partial charge on any atom is 0.409 e. The summed E-state index contributed by atoms with van der Waals surface area (Å²) < 4.78 is 5.34. The lowest BCUT2D eigenvalue weighted by Gasteiger charge is -2.20. The van der Waals surface area contributed by atoms with E-state index in [1.54, 1.807) is 14.1 Å². The van der Waals surface area contributed by atoms with Gasteiger partial charge in [-0.2, -0.15) is 0 Å². The third-order valence-corrected chi connectivity index (χ3v) is 2.35. The zero-order chi connectivity index (χ0) is 10.4. The van der Waals surface area contributed by atoms with Gasteiger partial charge in [-0.15, -0.1) is 0 Å². The molecule has 0 aromatic heterocycles. The first-order valence-electron chi connectivity index (χ1n) is 5.23. The number of ether oxygens (including phenoxy) is 1. The molecule has 0 saturated heterocycles. The van der Waals surface area contributed by atoms with E-state index >= 15 is 0 Å². The summed E-state index contributed by atoms with van der Waals surface area (Å²) in [5.41, 5.74) is 0. The van der Waals surface area contributed by atoms with E-state index in [1.807, 2.05) is 0 Å². The van der Waals surface area contributed by atoms with Crippen molar-refractivity contribution in [2.75, 3.05) is 14.1 Å². The lowest BCUT2D eigenvalue weighted by Crippen LogP contribution is -2.28. The Balaban J connectivity index is 2.35. The highest BCUT2D eigenvalue weighted by Gasteiger charge is 2.15. The SMILES string of the molecule is CN(C)C(=O)OC1CC/C=C/CCC1. The molecule has 3 heteroatoms. The van der Waals surface area contributed by atoms with Gasteiger partial charge in [-0.05, 0) is 32.1 Å². The van der Waals surface area contributed by atoms with Crippen molar-refractivity contribution in [3.8, 4) is 0 Å². The summed E-state index contributed by atoms with van der Waals surface area (Å²) in [6.45, 7) is 0. The van der Waals surface area contributed by atoms with Crippen molar-refractivity contribution in [1.82, 2.24) is 4.90 Å². The zero-order valence-corrected chi connectivity index (χ0v) is 9.03. The first kappa shape index (κ1) is 11.1. The Kier molecular flexibility index (Phi) is 4.50. The molecule has 1 rings (SSSR count). The second-order valence-electron chi connectivity index (χ2n) is 3.88. The van der Waals surface area contributed by atoms with Crippen LogP contribution in [0.25, 0.3) is 0 Å². The van der Waals surface area contributed by atoms with E-state index < -0.39 is 0 Å². The summed E-state index contributed by atoms with van der Waals surface area (Å²) in [6, 6.07) is 0. The molecular formula is C11H19NO2. The van der Waals surface area contributed by atoms with Crippen molar-refractivity contribution in [2.45, 2.75) is 38.2 Å². The average Bonchev–Trinajstić information content (AvgIpc) is 2.08. The zero-order valence-electron chi connectivity index (χ0n) is 9.03. The van der Waals surface area contributed by atoms with Crippen LogP contribution in [0.4, 0.5) is 4.79 Å². The normalized spacial score (nSPS) is 24.6. The van der Waals surface area contributed by atoms with Gasteiger partial charge in [0.05, 0.1) is 0 Å². The maximum absolute atomic E-state index is 11.3. The van der Waals surface area contributed by atoms with Crippen LogP contribution >= 0.6 is 0 Å². The van der Waals surface area contributed by atoms with Crippen molar-refractivity contribution in [3.05, 3.63) is 12.2 Å². The van der Waals surface area contributed by atoms with Crippen LogP contribution in [0.5, 0.6) is 0 Å². The van der Waals surface area contributed by atoms with Crippen molar-refractivity contribution >= 4 is 6.09 Å². The lowest BCUT2D eigenvalue weighted by molar-refractivity contribution is 0.0652. The van der Waals surface area contributed by atoms with Crippen LogP contribution in [0.3, 0.4) is 0 Å². The molecule has 1 amide bonds. The summed E-state index contributed by atoms with van der Waals surface area (Å²) in [5, 5.41) is 0. The standard InChI is InChI=1S/C11H19NO2/c1-12(2)11(13)14-10-8-6-4-3-5-7-9-10/h3-4,10H,5-9H2,1-2H3/b4-3+. The van der Waals surface area contributed by atoms with Gasteiger partial charge in [0, 0.05) is 14.1 Å². The van der Waals surface area contributed by atoms with Crippen LogP contribution in [0.15, 0.2) is 12.2 Å². The highest BCUT2D eigenvalue weighted by molar-refractivity contribution is 5.66. The van der Waals surface area contributed by atoms with Gasteiger partial charge in [0.2, 0.25) is 0 Å². The van der Waals surface area contributed by atoms with E-state index in [9.17, 15) is 4.79 Å². The summed E-state index contributed by atoms with van der Waals surface area (Å²) in [7, 11) is 3.43. The van der Waals surface area contributed by atoms with Crippen LogP contribution in [-0.2, 0) is 4.74 Å². The van der Waals surface area contributed by atoms with E-state index in [-0.39, 0.29) is 12.2 Å². The first-order chi connectivity index (χ1) is 6.70. The Hall–Kier alpha value is -0.990. The second kappa shape index (κ2) is 5.68. The summed E-state index contributed by atoms with van der Waals surface area (Å²) >= 11 is 0. The van der Waals surface area contributed by atoms with Gasteiger partial charge in [0.1, 0.15) is 6.10 Å². The fraction of sp³-hybridized carbons (Fsp3) is 0.727. The number of carbonyl (C=O) groups is 1. The monoisotopic (exact) mass is 197 g/mol. The molecule has 0 aromatic carbocycles. The molecule has 1 aliphatic rings. The Bertz CT molecular complexity index is 211. The number of allylic oxidation sites excluding steroid dienone is 2. The molecule has 14 heavy (non-hydrogen) atoms. The van der Waals surface area contributed by atoms with Crippen LogP contribution in [0.1, 0.15) is 32.1 Å². The van der Waals surface area contributed by atoms with Gasteiger partial charge in [-0.3, -0.25) is 0 Å². The highest BCUT2D eigenvalue weighted by Crippen LogP contribution is 2.15. The number of hydrogen-bond donors (Lipinski definition) is 0. The molecule has 0 spiro atoms. The molecule has 3 nitrogen and oxygen atoms in total. The van der Waals surface area contributed by atoms with Crippen molar-refractivity contribution in [3.63, 3.8) is 0 Å². The summed E-state index contributed by atoms with van der Waals surface area (Å²) in [4.78, 5) is 12.8. The quantitative estimate of drug-likeness (QED) is 0.605. The molecule has 0 saturated carbocycles. The third kappa shape index (κ3) is 3.81. The largest absolute Gasteiger partial charge is 0.446 e. The fourth-order valence-corrected chi connectivity index (χ4v) is 1.49. The number of nitrogens with zero attached hydrogens (tertiary/aromatic N) is 1. The summed E-state index contributed by atoms with van der Waals surface area (Å²) in [6.07, 6.45) is 9.46. The van der Waals surface area contributed by atoms with Gasteiger partial charge in [-0.1, -0.05) is 12.2 Å². The average molecular weight is 197 g/mol. The van der Waals surface area contributed by atoms with E-state index in [1.165, 1.54) is 4.90 Å². The molecule has 1 aliphatic carbocycles. The van der Waals surface area contributed by atoms with E-state index in [0.717, 1.165) is 32.1 Å². The number of carbonyl (C=O) groups excluding carboxylic acids is 1. The molecule has 1 atom stereocenters. The number of amides is 1. The smallest absolute Gasteiger partial charge is 0.409 e. The molecular weight excluding hydrogens is 178 g/mol. The fourth-order valence-electron chi connectivity index (χ4n) is 1.49. The van der Waals surface area contributed by atoms with Gasteiger partial charge in [0.15, 0.2) is 0 Å². The lowest BCUT2D eigenvalue weighted by atomic mass is 10.0. The number of rotatable bonds is 1. The van der Waals surface area contributed by atoms with Gasteiger partial charge in [-0.25, -0.2) is 4.79 Å². The Morgan fingerprint density at radius 1 is 1.29 bits per heavy atom. The van der Waals surface area contributed by atoms with Crippen molar-refractivity contribution in [2.24, 2.45) is 0 Å². The Morgan fingerprint density at radius 3 is 2.71 bits per heavy atom. The molecule has 0 aliphatic heterocycles. The molecule has 0 aromatic rings. The van der Waals surface area contributed by atoms with E-state index in [0.29, 0.717) is 0 Å². The molecule has 80 valence electrons. The minimum Gasteiger partial charge on any atom is -0.446 e. The van der Waals surface area contributed by atoms with Gasteiger partial charge in [0.25, 0.3) is 0 Å². The van der Waals surface area contributed by atoms with Crippen LogP contribution < -0.4 is 0 Å². The maximum atomic E-state index is 11.3. The Morgan fingerprint density at radius 2 is 2.00 bits per heavy atom. The molecule has 0 bridgehead atoms. The second-order valence-corrected chi connectivity index (χ2v) is 3.88. The predicted molar refractivity (Wildman–Crippen MR) is 56.2 cm³/mol. The third-order valence-electron chi connectivity index (χ3n) is 2.35. The Labute approximate surface area is 85.7 Å².